The summed E-state index contributed by atoms with van der Waals surface area (Å²) in [5, 5.41) is 8.58. The summed E-state index contributed by atoms with van der Waals surface area (Å²) in [4.78, 5) is 10.4. The molecule has 3 heteroatoms. The van der Waals surface area contributed by atoms with Crippen molar-refractivity contribution in [3.8, 4) is 0 Å². The van der Waals surface area contributed by atoms with Crippen molar-refractivity contribution < 1.29 is 14.6 Å². The third-order valence-electron chi connectivity index (χ3n) is 2.10. The highest BCUT2D eigenvalue weighted by molar-refractivity contribution is 5.67. The molecule has 0 aromatic rings. The minimum Gasteiger partial charge on any atom is -0.481 e. The molecule has 0 aliphatic carbocycles. The van der Waals surface area contributed by atoms with Crippen molar-refractivity contribution in [3.05, 3.63) is 0 Å². The standard InChI is InChI=1S/C8H14O3/c1-8(5-7(9)10)3-2-4-11-6-8/h2-6H2,1H3,(H,9,10)/t8-/m1/s1. The summed E-state index contributed by atoms with van der Waals surface area (Å²) in [7, 11) is 0. The van der Waals surface area contributed by atoms with Crippen LogP contribution in [0.2, 0.25) is 0 Å². The summed E-state index contributed by atoms with van der Waals surface area (Å²) in [5.41, 5.74) is -0.121. The maximum atomic E-state index is 10.4. The molecule has 3 nitrogen and oxygen atoms in total. The van der Waals surface area contributed by atoms with Crippen molar-refractivity contribution in [2.75, 3.05) is 13.2 Å². The lowest BCUT2D eigenvalue weighted by atomic mass is 9.82. The van der Waals surface area contributed by atoms with Gasteiger partial charge < -0.3 is 9.84 Å². The predicted octanol–water partition coefficient (Wildman–Crippen LogP) is 1.28. The predicted molar refractivity (Wildman–Crippen MR) is 40.4 cm³/mol. The number of hydrogen-bond donors (Lipinski definition) is 1. The summed E-state index contributed by atoms with van der Waals surface area (Å²) in [6, 6.07) is 0. The van der Waals surface area contributed by atoms with Crippen LogP contribution in [0.25, 0.3) is 0 Å². The van der Waals surface area contributed by atoms with Gasteiger partial charge in [-0.25, -0.2) is 0 Å². The van der Waals surface area contributed by atoms with Crippen LogP contribution in [0.5, 0.6) is 0 Å². The molecule has 1 heterocycles. The molecule has 1 fully saturated rings. The van der Waals surface area contributed by atoms with Crippen molar-refractivity contribution in [1.29, 1.82) is 0 Å². The molecule has 0 spiro atoms. The second-order valence-corrected chi connectivity index (χ2v) is 3.54. The Hall–Kier alpha value is -0.570. The number of hydrogen-bond acceptors (Lipinski definition) is 2. The first kappa shape index (κ1) is 8.53. The molecule has 1 saturated heterocycles. The quantitative estimate of drug-likeness (QED) is 0.658. The monoisotopic (exact) mass is 158 g/mol. The van der Waals surface area contributed by atoms with E-state index < -0.39 is 5.97 Å². The Kier molecular flexibility index (Phi) is 2.49. The van der Waals surface area contributed by atoms with E-state index in [0.29, 0.717) is 6.61 Å². The van der Waals surface area contributed by atoms with Crippen LogP contribution in [0, 0.1) is 5.41 Å². The average Bonchev–Trinajstić information content (AvgIpc) is 1.85. The van der Waals surface area contributed by atoms with E-state index in [9.17, 15) is 4.79 Å². The fourth-order valence-electron chi connectivity index (χ4n) is 1.50. The van der Waals surface area contributed by atoms with E-state index in [2.05, 4.69) is 0 Å². The molecule has 1 aliphatic rings. The highest BCUT2D eigenvalue weighted by Crippen LogP contribution is 2.31. The van der Waals surface area contributed by atoms with Gasteiger partial charge in [0.05, 0.1) is 13.0 Å². The van der Waals surface area contributed by atoms with Crippen molar-refractivity contribution in [1.82, 2.24) is 0 Å². The Morgan fingerprint density at radius 1 is 1.73 bits per heavy atom. The lowest BCUT2D eigenvalue weighted by Gasteiger charge is -2.31. The molecule has 0 aromatic heterocycles. The van der Waals surface area contributed by atoms with Crippen molar-refractivity contribution in [2.45, 2.75) is 26.2 Å². The molecule has 0 bridgehead atoms. The van der Waals surface area contributed by atoms with Crippen LogP contribution >= 0.6 is 0 Å². The van der Waals surface area contributed by atoms with Crippen LogP contribution in [0.3, 0.4) is 0 Å². The van der Waals surface area contributed by atoms with Gasteiger partial charge in [-0.2, -0.15) is 0 Å². The number of carboxylic acid groups (broad SMARTS) is 1. The molecule has 1 aliphatic heterocycles. The van der Waals surface area contributed by atoms with E-state index in [1.807, 2.05) is 6.92 Å². The minimum atomic E-state index is -0.724. The fourth-order valence-corrected chi connectivity index (χ4v) is 1.50. The molecule has 11 heavy (non-hydrogen) atoms. The Morgan fingerprint density at radius 3 is 2.91 bits per heavy atom. The van der Waals surface area contributed by atoms with Gasteiger partial charge >= 0.3 is 5.97 Å². The maximum Gasteiger partial charge on any atom is 0.303 e. The van der Waals surface area contributed by atoms with Gasteiger partial charge in [0.25, 0.3) is 0 Å². The Balaban J connectivity index is 2.43. The van der Waals surface area contributed by atoms with E-state index in [-0.39, 0.29) is 11.8 Å². The van der Waals surface area contributed by atoms with Crippen LogP contribution in [-0.2, 0) is 9.53 Å². The number of rotatable bonds is 2. The molecule has 0 unspecified atom stereocenters. The number of carbonyl (C=O) groups is 1. The Labute approximate surface area is 66.4 Å². The zero-order valence-electron chi connectivity index (χ0n) is 6.80. The van der Waals surface area contributed by atoms with Crippen molar-refractivity contribution >= 4 is 5.97 Å². The second-order valence-electron chi connectivity index (χ2n) is 3.54. The van der Waals surface area contributed by atoms with Crippen LogP contribution in [0.15, 0.2) is 0 Å². The molecule has 64 valence electrons. The second kappa shape index (κ2) is 3.22. The van der Waals surface area contributed by atoms with Gasteiger partial charge in [-0.15, -0.1) is 0 Å². The lowest BCUT2D eigenvalue weighted by molar-refractivity contribution is -0.141. The SMILES string of the molecule is C[C@]1(CC(=O)O)CCCOC1. The summed E-state index contributed by atoms with van der Waals surface area (Å²) in [5.74, 6) is -0.724. The maximum absolute atomic E-state index is 10.4. The molecular formula is C8H14O3. The van der Waals surface area contributed by atoms with E-state index in [1.54, 1.807) is 0 Å². The smallest absolute Gasteiger partial charge is 0.303 e. The largest absolute Gasteiger partial charge is 0.481 e. The van der Waals surface area contributed by atoms with Gasteiger partial charge in [0.2, 0.25) is 0 Å². The summed E-state index contributed by atoms with van der Waals surface area (Å²) >= 11 is 0. The molecule has 0 saturated carbocycles. The van der Waals surface area contributed by atoms with Crippen LogP contribution in [0.4, 0.5) is 0 Å². The van der Waals surface area contributed by atoms with E-state index in [0.717, 1.165) is 19.4 Å². The van der Waals surface area contributed by atoms with Gasteiger partial charge in [0.1, 0.15) is 0 Å². The minimum absolute atomic E-state index is 0.121. The van der Waals surface area contributed by atoms with Crippen LogP contribution in [0.1, 0.15) is 26.2 Å². The molecule has 0 amide bonds. The summed E-state index contributed by atoms with van der Waals surface area (Å²) in [6.45, 7) is 3.36. The van der Waals surface area contributed by atoms with E-state index in [4.69, 9.17) is 9.84 Å². The highest BCUT2D eigenvalue weighted by Gasteiger charge is 2.29. The van der Waals surface area contributed by atoms with E-state index >= 15 is 0 Å². The normalized spacial score (nSPS) is 31.7. The third kappa shape index (κ3) is 2.50. The molecule has 1 atom stereocenters. The van der Waals surface area contributed by atoms with Gasteiger partial charge in [-0.3, -0.25) is 4.79 Å². The zero-order valence-corrected chi connectivity index (χ0v) is 6.80. The van der Waals surface area contributed by atoms with E-state index in [1.165, 1.54) is 0 Å². The topological polar surface area (TPSA) is 46.5 Å². The fraction of sp³-hybridized carbons (Fsp3) is 0.875. The Morgan fingerprint density at radius 2 is 2.45 bits per heavy atom. The third-order valence-corrected chi connectivity index (χ3v) is 2.10. The van der Waals surface area contributed by atoms with Gasteiger partial charge in [-0.1, -0.05) is 6.92 Å². The first-order valence-corrected chi connectivity index (χ1v) is 3.92. The van der Waals surface area contributed by atoms with Crippen LogP contribution in [-0.4, -0.2) is 24.3 Å². The van der Waals surface area contributed by atoms with Gasteiger partial charge in [-0.05, 0) is 12.8 Å². The number of carboxylic acids is 1. The van der Waals surface area contributed by atoms with Crippen molar-refractivity contribution in [3.63, 3.8) is 0 Å². The zero-order chi connectivity index (χ0) is 8.32. The highest BCUT2D eigenvalue weighted by atomic mass is 16.5. The molecule has 1 N–H and O–H groups in total. The average molecular weight is 158 g/mol. The number of aliphatic carboxylic acids is 1. The molecular weight excluding hydrogens is 144 g/mol. The summed E-state index contributed by atoms with van der Waals surface area (Å²) in [6.07, 6.45) is 2.19. The molecule has 0 aromatic carbocycles. The first-order valence-electron chi connectivity index (χ1n) is 3.92. The van der Waals surface area contributed by atoms with Crippen LogP contribution < -0.4 is 0 Å². The molecule has 0 radical (unpaired) electrons. The van der Waals surface area contributed by atoms with Crippen molar-refractivity contribution in [2.24, 2.45) is 5.41 Å². The van der Waals surface area contributed by atoms with Gasteiger partial charge in [0, 0.05) is 12.0 Å². The first-order chi connectivity index (χ1) is 5.12. The van der Waals surface area contributed by atoms with Gasteiger partial charge in [0.15, 0.2) is 0 Å². The number of ether oxygens (including phenoxy) is 1. The Bertz CT molecular complexity index is 147. The molecule has 1 rings (SSSR count). The lowest BCUT2D eigenvalue weighted by Crippen LogP contribution is -2.31. The summed E-state index contributed by atoms with van der Waals surface area (Å²) < 4.78 is 5.22.